The Morgan fingerprint density at radius 2 is 1.29 bits per heavy atom. The SMILES string of the molecule is C=Cc1ccc(-c2ccccc2)cc1.OBO. The van der Waals surface area contributed by atoms with Gasteiger partial charge in [0.05, 0.1) is 0 Å². The summed E-state index contributed by atoms with van der Waals surface area (Å²) in [6.45, 7) is 3.73. The second kappa shape index (κ2) is 7.44. The third kappa shape index (κ3) is 4.27. The quantitative estimate of drug-likeness (QED) is 0.771. The van der Waals surface area contributed by atoms with Gasteiger partial charge in [-0.05, 0) is 16.7 Å². The van der Waals surface area contributed by atoms with Gasteiger partial charge in [-0.3, -0.25) is 0 Å². The molecule has 0 radical (unpaired) electrons. The van der Waals surface area contributed by atoms with Crippen molar-refractivity contribution in [3.05, 3.63) is 66.7 Å². The van der Waals surface area contributed by atoms with Crippen LogP contribution in [-0.2, 0) is 0 Å². The zero-order valence-electron chi connectivity index (χ0n) is 9.58. The minimum atomic E-state index is -0.750. The molecule has 0 amide bonds. The first kappa shape index (κ1) is 13.2. The maximum atomic E-state index is 7.12. The topological polar surface area (TPSA) is 40.5 Å². The Balaban J connectivity index is 0.000000437. The molecule has 0 aromatic heterocycles. The fourth-order valence-electron chi connectivity index (χ4n) is 1.44. The van der Waals surface area contributed by atoms with E-state index < -0.39 is 7.69 Å². The van der Waals surface area contributed by atoms with Crippen molar-refractivity contribution >= 4 is 13.8 Å². The molecular weight excluding hydrogens is 211 g/mol. The molecule has 0 aliphatic heterocycles. The molecule has 0 saturated carbocycles. The lowest BCUT2D eigenvalue weighted by Gasteiger charge is -2.01. The van der Waals surface area contributed by atoms with Gasteiger partial charge >= 0.3 is 7.69 Å². The maximum Gasteiger partial charge on any atom is 0.432 e. The van der Waals surface area contributed by atoms with Gasteiger partial charge in [0, 0.05) is 0 Å². The van der Waals surface area contributed by atoms with E-state index in [0.29, 0.717) is 0 Å². The highest BCUT2D eigenvalue weighted by Crippen LogP contribution is 2.19. The molecule has 0 bridgehead atoms. The van der Waals surface area contributed by atoms with E-state index in [4.69, 9.17) is 10.0 Å². The summed E-state index contributed by atoms with van der Waals surface area (Å²) in [6, 6.07) is 18.8. The smallest absolute Gasteiger partial charge is 0.430 e. The highest BCUT2D eigenvalue weighted by molar-refractivity contribution is 6.13. The monoisotopic (exact) mass is 226 g/mol. The van der Waals surface area contributed by atoms with Gasteiger partial charge in [-0.2, -0.15) is 0 Å². The molecule has 0 saturated heterocycles. The molecule has 2 N–H and O–H groups in total. The summed E-state index contributed by atoms with van der Waals surface area (Å²) in [6.07, 6.45) is 1.86. The van der Waals surface area contributed by atoms with Gasteiger partial charge < -0.3 is 10.0 Å². The van der Waals surface area contributed by atoms with E-state index in [2.05, 4.69) is 55.1 Å². The molecule has 0 aliphatic rings. The first-order chi connectivity index (χ1) is 8.31. The first-order valence-electron chi connectivity index (χ1n) is 5.31. The number of rotatable bonds is 2. The molecular formula is C14H15BO2. The highest BCUT2D eigenvalue weighted by atomic mass is 16.4. The predicted octanol–water partition coefficient (Wildman–Crippen LogP) is 2.23. The molecule has 0 heterocycles. The van der Waals surface area contributed by atoms with Crippen LogP contribution in [0.3, 0.4) is 0 Å². The first-order valence-corrected chi connectivity index (χ1v) is 5.31. The molecule has 17 heavy (non-hydrogen) atoms. The summed E-state index contributed by atoms with van der Waals surface area (Å²) >= 11 is 0. The standard InChI is InChI=1S/C14H12.BH3O2/c1-2-12-8-10-14(11-9-12)13-6-4-3-5-7-13;2-1-3/h2-11H,1H2;1-3H. The van der Waals surface area contributed by atoms with Crippen molar-refractivity contribution in [2.24, 2.45) is 0 Å². The fraction of sp³-hybridized carbons (Fsp3) is 0. The molecule has 2 aromatic carbocycles. The Kier molecular flexibility index (Phi) is 5.79. The van der Waals surface area contributed by atoms with Crippen molar-refractivity contribution in [2.45, 2.75) is 0 Å². The van der Waals surface area contributed by atoms with E-state index in [9.17, 15) is 0 Å². The molecule has 3 heteroatoms. The van der Waals surface area contributed by atoms with Crippen molar-refractivity contribution in [1.82, 2.24) is 0 Å². The molecule has 0 atom stereocenters. The molecule has 0 unspecified atom stereocenters. The lowest BCUT2D eigenvalue weighted by atomic mass is 10.0. The van der Waals surface area contributed by atoms with Crippen molar-refractivity contribution in [3.8, 4) is 11.1 Å². The number of hydrogen-bond acceptors (Lipinski definition) is 2. The molecule has 0 spiro atoms. The Morgan fingerprint density at radius 1 is 0.824 bits per heavy atom. The Bertz CT molecular complexity index is 438. The fourth-order valence-corrected chi connectivity index (χ4v) is 1.44. The largest absolute Gasteiger partial charge is 0.432 e. The van der Waals surface area contributed by atoms with Crippen molar-refractivity contribution in [3.63, 3.8) is 0 Å². The highest BCUT2D eigenvalue weighted by Gasteiger charge is 1.94. The Morgan fingerprint density at radius 3 is 1.76 bits per heavy atom. The van der Waals surface area contributed by atoms with E-state index in [1.807, 2.05) is 12.1 Å². The van der Waals surface area contributed by atoms with Gasteiger partial charge in [-0.25, -0.2) is 0 Å². The van der Waals surface area contributed by atoms with Gasteiger partial charge in [-0.1, -0.05) is 67.3 Å². The van der Waals surface area contributed by atoms with Crippen LogP contribution in [-0.4, -0.2) is 17.7 Å². The Labute approximate surface area is 102 Å². The van der Waals surface area contributed by atoms with Crippen LogP contribution in [0.1, 0.15) is 5.56 Å². The van der Waals surface area contributed by atoms with Crippen molar-refractivity contribution < 1.29 is 10.0 Å². The van der Waals surface area contributed by atoms with Gasteiger partial charge in [0.15, 0.2) is 0 Å². The summed E-state index contributed by atoms with van der Waals surface area (Å²) in [5.41, 5.74) is 3.66. The van der Waals surface area contributed by atoms with Crippen LogP contribution in [0, 0.1) is 0 Å². The minimum absolute atomic E-state index is 0.750. The summed E-state index contributed by atoms with van der Waals surface area (Å²) in [7, 11) is -0.750. The zero-order chi connectivity index (χ0) is 12.5. The lowest BCUT2D eigenvalue weighted by molar-refractivity contribution is 0.448. The second-order valence-electron chi connectivity index (χ2n) is 3.33. The van der Waals surface area contributed by atoms with Crippen LogP contribution < -0.4 is 0 Å². The van der Waals surface area contributed by atoms with Crippen molar-refractivity contribution in [2.75, 3.05) is 0 Å². The number of benzene rings is 2. The summed E-state index contributed by atoms with van der Waals surface area (Å²) < 4.78 is 0. The summed E-state index contributed by atoms with van der Waals surface area (Å²) in [4.78, 5) is 0. The van der Waals surface area contributed by atoms with Crippen LogP contribution >= 0.6 is 0 Å². The van der Waals surface area contributed by atoms with E-state index in [0.717, 1.165) is 5.56 Å². The average Bonchev–Trinajstić information content (AvgIpc) is 2.41. The molecule has 0 aliphatic carbocycles. The van der Waals surface area contributed by atoms with Gasteiger partial charge in [0.1, 0.15) is 0 Å². The average molecular weight is 226 g/mol. The molecule has 0 fully saturated rings. The number of hydrogen-bond donors (Lipinski definition) is 2. The normalized spacial score (nSPS) is 8.82. The Hall–Kier alpha value is -1.84. The van der Waals surface area contributed by atoms with Gasteiger partial charge in [-0.15, -0.1) is 0 Å². The van der Waals surface area contributed by atoms with Crippen LogP contribution in [0.25, 0.3) is 17.2 Å². The maximum absolute atomic E-state index is 7.12. The van der Waals surface area contributed by atoms with E-state index in [-0.39, 0.29) is 0 Å². The van der Waals surface area contributed by atoms with Crippen LogP contribution in [0.4, 0.5) is 0 Å². The third-order valence-electron chi connectivity index (χ3n) is 2.25. The summed E-state index contributed by atoms with van der Waals surface area (Å²) in [5, 5.41) is 14.2. The molecule has 2 aromatic rings. The van der Waals surface area contributed by atoms with Gasteiger partial charge in [0.25, 0.3) is 0 Å². The van der Waals surface area contributed by atoms with Crippen LogP contribution in [0.15, 0.2) is 61.2 Å². The van der Waals surface area contributed by atoms with Crippen LogP contribution in [0.5, 0.6) is 0 Å². The lowest BCUT2D eigenvalue weighted by Crippen LogP contribution is -1.76. The predicted molar refractivity (Wildman–Crippen MR) is 73.6 cm³/mol. The van der Waals surface area contributed by atoms with E-state index in [1.54, 1.807) is 0 Å². The van der Waals surface area contributed by atoms with Crippen molar-refractivity contribution in [1.29, 1.82) is 0 Å². The van der Waals surface area contributed by atoms with E-state index >= 15 is 0 Å². The van der Waals surface area contributed by atoms with Crippen LogP contribution in [0.2, 0.25) is 0 Å². The molecule has 2 nitrogen and oxygen atoms in total. The van der Waals surface area contributed by atoms with Gasteiger partial charge in [0.2, 0.25) is 0 Å². The minimum Gasteiger partial charge on any atom is -0.430 e. The molecule has 86 valence electrons. The van der Waals surface area contributed by atoms with E-state index in [1.165, 1.54) is 11.1 Å². The summed E-state index contributed by atoms with van der Waals surface area (Å²) in [5.74, 6) is 0. The second-order valence-corrected chi connectivity index (χ2v) is 3.33. The molecule has 2 rings (SSSR count). The third-order valence-corrected chi connectivity index (χ3v) is 2.25. The zero-order valence-corrected chi connectivity index (χ0v) is 9.58.